The molecule has 0 radical (unpaired) electrons. The van der Waals surface area contributed by atoms with Gasteiger partial charge in [-0.05, 0) is 36.3 Å². The largest absolute Gasteiger partial charge is 0.496 e. The maximum absolute atomic E-state index is 9.32. The Morgan fingerprint density at radius 1 is 1.23 bits per heavy atom. The number of nitrogens with one attached hydrogen (secondary N) is 1. The molecule has 2 aromatic heterocycles. The summed E-state index contributed by atoms with van der Waals surface area (Å²) in [6.45, 7) is 3.57. The summed E-state index contributed by atoms with van der Waals surface area (Å²) >= 11 is 0. The van der Waals surface area contributed by atoms with Crippen molar-refractivity contribution in [3.8, 4) is 23.1 Å². The maximum atomic E-state index is 9.32. The summed E-state index contributed by atoms with van der Waals surface area (Å²) in [5.41, 5.74) is 4.99. The van der Waals surface area contributed by atoms with Crippen molar-refractivity contribution in [2.75, 3.05) is 33.4 Å². The lowest BCUT2D eigenvalue weighted by atomic mass is 9.99. The molecule has 1 N–H and O–H groups in total. The van der Waals surface area contributed by atoms with Crippen LogP contribution in [0.3, 0.4) is 0 Å². The van der Waals surface area contributed by atoms with Gasteiger partial charge in [0, 0.05) is 35.8 Å². The highest BCUT2D eigenvalue weighted by molar-refractivity contribution is 5.95. The molecule has 0 spiro atoms. The third-order valence-corrected chi connectivity index (χ3v) is 5.91. The number of nitriles is 1. The minimum absolute atomic E-state index is 0.422. The van der Waals surface area contributed by atoms with E-state index in [1.54, 1.807) is 25.3 Å². The molecule has 1 saturated heterocycles. The van der Waals surface area contributed by atoms with Crippen molar-refractivity contribution in [2.24, 2.45) is 0 Å². The molecule has 1 aliphatic carbocycles. The molecular formula is C24H23N5O2. The summed E-state index contributed by atoms with van der Waals surface area (Å²) in [4.78, 5) is 14.8. The fraction of sp³-hybridized carbons (Fsp3) is 0.292. The van der Waals surface area contributed by atoms with Gasteiger partial charge in [-0.1, -0.05) is 18.2 Å². The van der Waals surface area contributed by atoms with Crippen molar-refractivity contribution in [3.63, 3.8) is 0 Å². The zero-order valence-electron chi connectivity index (χ0n) is 17.3. The van der Waals surface area contributed by atoms with E-state index in [4.69, 9.17) is 9.47 Å². The molecular weight excluding hydrogens is 390 g/mol. The van der Waals surface area contributed by atoms with Gasteiger partial charge in [0.25, 0.3) is 0 Å². The van der Waals surface area contributed by atoms with Crippen molar-refractivity contribution in [2.45, 2.75) is 12.5 Å². The summed E-state index contributed by atoms with van der Waals surface area (Å²) < 4.78 is 11.0. The molecule has 3 aromatic rings. The third kappa shape index (κ3) is 3.72. The van der Waals surface area contributed by atoms with Crippen LogP contribution in [0.15, 0.2) is 48.8 Å². The van der Waals surface area contributed by atoms with Crippen molar-refractivity contribution in [3.05, 3.63) is 60.1 Å². The molecule has 31 heavy (non-hydrogen) atoms. The van der Waals surface area contributed by atoms with E-state index < -0.39 is 0 Å². The van der Waals surface area contributed by atoms with Gasteiger partial charge in [0.2, 0.25) is 0 Å². The normalized spacial score (nSPS) is 19.2. The number of aromatic amines is 1. The molecule has 1 fully saturated rings. The predicted octanol–water partition coefficient (Wildman–Crippen LogP) is 3.55. The van der Waals surface area contributed by atoms with E-state index in [2.05, 4.69) is 50.2 Å². The van der Waals surface area contributed by atoms with Gasteiger partial charge >= 0.3 is 0 Å². The minimum atomic E-state index is 0.422. The number of benzene rings is 1. The Bertz CT molecular complexity index is 1210. The molecule has 1 atom stereocenters. The van der Waals surface area contributed by atoms with Gasteiger partial charge in [-0.25, -0.2) is 9.97 Å². The summed E-state index contributed by atoms with van der Waals surface area (Å²) in [5, 5.41) is 10.2. The van der Waals surface area contributed by atoms with Crippen LogP contribution in [0.5, 0.6) is 5.75 Å². The second kappa shape index (κ2) is 8.34. The lowest BCUT2D eigenvalue weighted by Crippen LogP contribution is -2.42. The van der Waals surface area contributed by atoms with Crippen LogP contribution in [-0.4, -0.2) is 59.3 Å². The molecule has 7 nitrogen and oxygen atoms in total. The van der Waals surface area contributed by atoms with Crippen molar-refractivity contribution in [1.82, 2.24) is 19.9 Å². The molecule has 0 bridgehead atoms. The van der Waals surface area contributed by atoms with Crippen LogP contribution in [0.25, 0.3) is 27.9 Å². The van der Waals surface area contributed by atoms with E-state index in [9.17, 15) is 5.26 Å². The Hall–Kier alpha value is -3.47. The van der Waals surface area contributed by atoms with Gasteiger partial charge in [-0.2, -0.15) is 5.26 Å². The van der Waals surface area contributed by atoms with Gasteiger partial charge in [0.1, 0.15) is 17.7 Å². The predicted molar refractivity (Wildman–Crippen MR) is 119 cm³/mol. The van der Waals surface area contributed by atoms with Crippen LogP contribution in [0.2, 0.25) is 0 Å². The van der Waals surface area contributed by atoms with E-state index >= 15 is 0 Å². The number of H-pyrrole nitrogens is 1. The Labute approximate surface area is 180 Å². The van der Waals surface area contributed by atoms with Crippen molar-refractivity contribution in [1.29, 1.82) is 5.26 Å². The molecule has 2 aliphatic rings. The number of aromatic nitrogens is 3. The zero-order chi connectivity index (χ0) is 21.2. The van der Waals surface area contributed by atoms with E-state index in [0.717, 1.165) is 66.3 Å². The molecule has 3 heterocycles. The smallest absolute Gasteiger partial charge is 0.141 e. The quantitative estimate of drug-likeness (QED) is 0.704. The third-order valence-electron chi connectivity index (χ3n) is 5.91. The SMILES string of the molecule is COc1ccc(C#N)cc1-c1ncnc2[nH]c(C3=CCC(N4CCOCC4)C=C3)cc12. The molecule has 156 valence electrons. The Morgan fingerprint density at radius 2 is 2.10 bits per heavy atom. The Balaban J connectivity index is 1.48. The maximum Gasteiger partial charge on any atom is 0.141 e. The summed E-state index contributed by atoms with van der Waals surface area (Å²) in [6.07, 6.45) is 9.24. The highest BCUT2D eigenvalue weighted by Gasteiger charge is 2.21. The Kier molecular flexibility index (Phi) is 5.24. The molecule has 1 unspecified atom stereocenters. The number of hydrogen-bond acceptors (Lipinski definition) is 6. The average molecular weight is 413 g/mol. The number of nitrogens with zero attached hydrogens (tertiary/aromatic N) is 4. The summed E-state index contributed by atoms with van der Waals surface area (Å²) in [5.74, 6) is 0.673. The average Bonchev–Trinajstić information content (AvgIpc) is 3.29. The van der Waals surface area contributed by atoms with E-state index in [1.807, 2.05) is 0 Å². The number of allylic oxidation sites excluding steroid dienone is 2. The van der Waals surface area contributed by atoms with Crippen LogP contribution in [0, 0.1) is 11.3 Å². The van der Waals surface area contributed by atoms with Gasteiger partial charge in [-0.3, -0.25) is 4.90 Å². The molecule has 0 amide bonds. The van der Waals surface area contributed by atoms with Crippen LogP contribution in [-0.2, 0) is 4.74 Å². The fourth-order valence-corrected chi connectivity index (χ4v) is 4.26. The number of hydrogen-bond donors (Lipinski definition) is 1. The molecule has 0 saturated carbocycles. The van der Waals surface area contributed by atoms with E-state index in [0.29, 0.717) is 17.4 Å². The highest BCUT2D eigenvalue weighted by Crippen LogP contribution is 2.35. The number of ether oxygens (including phenoxy) is 2. The molecule has 5 rings (SSSR count). The van der Waals surface area contributed by atoms with Crippen LogP contribution in [0.1, 0.15) is 17.7 Å². The summed E-state index contributed by atoms with van der Waals surface area (Å²) in [6, 6.07) is 10.0. The lowest BCUT2D eigenvalue weighted by molar-refractivity contribution is 0.0260. The minimum Gasteiger partial charge on any atom is -0.496 e. The van der Waals surface area contributed by atoms with Gasteiger partial charge in [0.05, 0.1) is 37.7 Å². The number of fused-ring (bicyclic) bond motifs is 1. The first-order chi connectivity index (χ1) is 15.3. The number of rotatable bonds is 4. The topological polar surface area (TPSA) is 87.1 Å². The molecule has 7 heteroatoms. The van der Waals surface area contributed by atoms with E-state index in [-0.39, 0.29) is 0 Å². The van der Waals surface area contributed by atoms with Crippen LogP contribution >= 0.6 is 0 Å². The van der Waals surface area contributed by atoms with E-state index in [1.165, 1.54) is 6.33 Å². The first kappa shape index (κ1) is 19.5. The molecule has 1 aromatic carbocycles. The van der Waals surface area contributed by atoms with Crippen LogP contribution < -0.4 is 4.74 Å². The zero-order valence-corrected chi connectivity index (χ0v) is 17.3. The standard InChI is InChI=1S/C24H23N5O2/c1-30-22-7-2-16(14-25)12-19(22)23-20-13-21(28-24(20)27-15-26-23)17-3-5-18(6-4-17)29-8-10-31-11-9-29/h2-5,7,12-13,15,18H,6,8-11H2,1H3,(H,26,27,28). The fourth-order valence-electron chi connectivity index (χ4n) is 4.26. The van der Waals surface area contributed by atoms with Crippen LogP contribution in [0.4, 0.5) is 0 Å². The second-order valence-electron chi connectivity index (χ2n) is 7.66. The first-order valence-electron chi connectivity index (χ1n) is 10.4. The van der Waals surface area contributed by atoms with Crippen molar-refractivity contribution < 1.29 is 9.47 Å². The summed E-state index contributed by atoms with van der Waals surface area (Å²) in [7, 11) is 1.62. The monoisotopic (exact) mass is 413 g/mol. The van der Waals surface area contributed by atoms with Gasteiger partial charge in [-0.15, -0.1) is 0 Å². The van der Waals surface area contributed by atoms with Gasteiger partial charge < -0.3 is 14.5 Å². The highest BCUT2D eigenvalue weighted by atomic mass is 16.5. The number of methoxy groups -OCH3 is 1. The van der Waals surface area contributed by atoms with Crippen molar-refractivity contribution >= 4 is 16.6 Å². The lowest BCUT2D eigenvalue weighted by Gasteiger charge is -2.33. The number of morpholine rings is 1. The Morgan fingerprint density at radius 3 is 2.84 bits per heavy atom. The molecule has 1 aliphatic heterocycles. The van der Waals surface area contributed by atoms with Gasteiger partial charge in [0.15, 0.2) is 0 Å². The second-order valence-corrected chi connectivity index (χ2v) is 7.66. The first-order valence-corrected chi connectivity index (χ1v) is 10.4.